The molecule has 1 rings (SSSR count). The third kappa shape index (κ3) is 1.44. The fraction of sp³-hybridized carbons (Fsp3) is 0.333. The predicted molar refractivity (Wildman–Crippen MR) is 42.5 cm³/mol. The van der Waals surface area contributed by atoms with Crippen molar-refractivity contribution in [3.63, 3.8) is 0 Å². The zero-order valence-corrected chi connectivity index (χ0v) is 6.85. The Hall–Kier alpha value is -0.810. The highest BCUT2D eigenvalue weighted by Gasteiger charge is 2.26. The van der Waals surface area contributed by atoms with Crippen LogP contribution in [0.3, 0.4) is 0 Å². The maximum absolute atomic E-state index is 11.1. The summed E-state index contributed by atoms with van der Waals surface area (Å²) in [5.74, 6) is -0.110. The first-order chi connectivity index (χ1) is 5.16. The molecule has 0 saturated heterocycles. The van der Waals surface area contributed by atoms with Gasteiger partial charge >= 0.3 is 0 Å². The molecule has 0 fully saturated rings. The number of carbonyl (C=O) groups excluding carboxylic acids is 2. The van der Waals surface area contributed by atoms with Crippen molar-refractivity contribution in [2.45, 2.75) is 0 Å². The molecule has 4 nitrogen and oxygen atoms in total. The summed E-state index contributed by atoms with van der Waals surface area (Å²) in [5, 5.41) is 5.16. The molecule has 0 aromatic heterocycles. The van der Waals surface area contributed by atoms with Gasteiger partial charge < -0.3 is 0 Å². The van der Waals surface area contributed by atoms with Crippen LogP contribution in [-0.2, 0) is 9.59 Å². The number of rotatable bonds is 2. The zero-order chi connectivity index (χ0) is 8.43. The Morgan fingerprint density at radius 3 is 2.64 bits per heavy atom. The molecule has 11 heavy (non-hydrogen) atoms. The van der Waals surface area contributed by atoms with E-state index < -0.39 is 0 Å². The minimum Gasteiger partial charge on any atom is -0.278 e. The minimum absolute atomic E-state index is 0.243. The lowest BCUT2D eigenvalue weighted by Crippen LogP contribution is -2.26. The summed E-state index contributed by atoms with van der Waals surface area (Å²) in [6.45, 7) is 0. The molecule has 2 amide bonds. The average Bonchev–Trinajstić information content (AvgIpc) is 2.19. The summed E-state index contributed by atoms with van der Waals surface area (Å²) in [5.41, 5.74) is 0.477. The van der Waals surface area contributed by atoms with Crippen LogP contribution in [0.2, 0.25) is 0 Å². The van der Waals surface area contributed by atoms with E-state index in [9.17, 15) is 9.59 Å². The zero-order valence-electron chi connectivity index (χ0n) is 6.03. The second-order valence-corrected chi connectivity index (χ2v) is 2.80. The van der Waals surface area contributed by atoms with Crippen LogP contribution in [0.4, 0.5) is 0 Å². The van der Waals surface area contributed by atoms with E-state index in [1.54, 1.807) is 0 Å². The van der Waals surface area contributed by atoms with Crippen molar-refractivity contribution in [2.75, 3.05) is 12.8 Å². The van der Waals surface area contributed by atoms with E-state index >= 15 is 0 Å². The van der Waals surface area contributed by atoms with Crippen molar-refractivity contribution in [3.8, 4) is 0 Å². The molecule has 0 saturated carbocycles. The van der Waals surface area contributed by atoms with Gasteiger partial charge in [-0.15, -0.1) is 0 Å². The normalized spacial score (nSPS) is 17.6. The third-order valence-electron chi connectivity index (χ3n) is 1.45. The Labute approximate surface area is 68.5 Å². The second kappa shape index (κ2) is 3.06. The summed E-state index contributed by atoms with van der Waals surface area (Å²) in [6.07, 6.45) is 1.32. The Morgan fingerprint density at radius 1 is 1.64 bits per heavy atom. The van der Waals surface area contributed by atoms with E-state index in [1.165, 1.54) is 13.1 Å². The average molecular weight is 172 g/mol. The highest BCUT2D eigenvalue weighted by molar-refractivity contribution is 7.97. The van der Waals surface area contributed by atoms with Gasteiger partial charge in [0.25, 0.3) is 11.8 Å². The Morgan fingerprint density at radius 2 is 2.27 bits per heavy atom. The van der Waals surface area contributed by atoms with Gasteiger partial charge in [0.05, 0.1) is 0 Å². The molecule has 0 spiro atoms. The lowest BCUT2D eigenvalue weighted by molar-refractivity contribution is -0.135. The van der Waals surface area contributed by atoms with Crippen molar-refractivity contribution in [1.82, 2.24) is 4.90 Å². The maximum Gasteiger partial charge on any atom is 0.257 e. The van der Waals surface area contributed by atoms with E-state index in [2.05, 4.69) is 0 Å². The van der Waals surface area contributed by atoms with E-state index in [-0.39, 0.29) is 11.8 Å². The number of carbonyl (C=O) groups is 2. The summed E-state index contributed by atoms with van der Waals surface area (Å²) < 4.78 is 0. The first kappa shape index (κ1) is 8.29. The first-order valence-electron chi connectivity index (χ1n) is 3.01. The van der Waals surface area contributed by atoms with Gasteiger partial charge in [-0.05, 0) is 0 Å². The van der Waals surface area contributed by atoms with Crippen LogP contribution in [0, 0.1) is 0 Å². The van der Waals surface area contributed by atoms with Crippen molar-refractivity contribution >= 4 is 23.8 Å². The van der Waals surface area contributed by atoms with Gasteiger partial charge in [-0.1, -0.05) is 11.9 Å². The van der Waals surface area contributed by atoms with Gasteiger partial charge in [0, 0.05) is 24.4 Å². The highest BCUT2D eigenvalue weighted by Crippen LogP contribution is 2.12. The molecule has 0 aliphatic carbocycles. The van der Waals surface area contributed by atoms with E-state index in [0.717, 1.165) is 16.8 Å². The van der Waals surface area contributed by atoms with Crippen molar-refractivity contribution in [1.29, 1.82) is 0 Å². The molecule has 0 radical (unpaired) electrons. The first-order valence-corrected chi connectivity index (χ1v) is 4.06. The number of hydrogen-bond acceptors (Lipinski definition) is 4. The molecular weight excluding hydrogens is 164 g/mol. The molecule has 0 aromatic carbocycles. The number of nitrogens with zero attached hydrogens (tertiary/aromatic N) is 1. The largest absolute Gasteiger partial charge is 0.278 e. The highest BCUT2D eigenvalue weighted by atomic mass is 32.2. The molecule has 0 atom stereocenters. The summed E-state index contributed by atoms with van der Waals surface area (Å²) in [6, 6.07) is 0. The fourth-order valence-electron chi connectivity index (χ4n) is 0.816. The third-order valence-corrected chi connectivity index (χ3v) is 1.92. The molecule has 2 N–H and O–H groups in total. The predicted octanol–water partition coefficient (Wildman–Crippen LogP) is -0.482. The smallest absolute Gasteiger partial charge is 0.257 e. The fourth-order valence-corrected chi connectivity index (χ4v) is 1.20. The van der Waals surface area contributed by atoms with Gasteiger partial charge in [-0.2, -0.15) is 0 Å². The lowest BCUT2D eigenvalue weighted by atomic mass is 10.3. The van der Waals surface area contributed by atoms with E-state index in [4.69, 9.17) is 5.14 Å². The van der Waals surface area contributed by atoms with Crippen LogP contribution in [0.5, 0.6) is 0 Å². The number of likely N-dealkylation sites (N-methyl/N-ethyl adjacent to an activating group) is 1. The van der Waals surface area contributed by atoms with Crippen LogP contribution in [0.25, 0.3) is 0 Å². The Balaban J connectivity index is 2.75. The van der Waals surface area contributed by atoms with Crippen molar-refractivity contribution in [3.05, 3.63) is 11.6 Å². The number of hydrogen-bond donors (Lipinski definition) is 1. The molecule has 0 bridgehead atoms. The molecular formula is C6H8N2O2S. The number of imide groups is 1. The maximum atomic E-state index is 11.1. The van der Waals surface area contributed by atoms with Crippen molar-refractivity contribution < 1.29 is 9.59 Å². The Bertz CT molecular complexity index is 237. The van der Waals surface area contributed by atoms with Crippen LogP contribution < -0.4 is 5.14 Å². The minimum atomic E-state index is -0.265. The summed E-state index contributed by atoms with van der Waals surface area (Å²) >= 11 is 1.04. The molecule has 0 aromatic rings. The molecule has 5 heteroatoms. The van der Waals surface area contributed by atoms with Crippen LogP contribution >= 0.6 is 11.9 Å². The molecule has 1 heterocycles. The molecule has 60 valence electrons. The van der Waals surface area contributed by atoms with E-state index in [0.29, 0.717) is 11.3 Å². The molecule has 1 aliphatic rings. The van der Waals surface area contributed by atoms with Gasteiger partial charge in [-0.25, -0.2) is 0 Å². The quantitative estimate of drug-likeness (QED) is 0.451. The Kier molecular flexibility index (Phi) is 2.31. The summed E-state index contributed by atoms with van der Waals surface area (Å²) in [7, 11) is 1.45. The molecule has 1 aliphatic heterocycles. The van der Waals surface area contributed by atoms with Gasteiger partial charge in [0.2, 0.25) is 0 Å². The lowest BCUT2D eigenvalue weighted by Gasteiger charge is -2.05. The van der Waals surface area contributed by atoms with E-state index in [1.807, 2.05) is 0 Å². The van der Waals surface area contributed by atoms with Crippen LogP contribution in [-0.4, -0.2) is 29.5 Å². The topological polar surface area (TPSA) is 63.4 Å². The summed E-state index contributed by atoms with van der Waals surface area (Å²) in [4.78, 5) is 23.0. The van der Waals surface area contributed by atoms with Crippen LogP contribution in [0.15, 0.2) is 11.6 Å². The SMILES string of the molecule is CN1C(=O)C=C(CSN)C1=O. The second-order valence-electron chi connectivity index (χ2n) is 2.18. The standard InChI is InChI=1S/C6H8N2O2S/c1-8-5(9)2-4(3-11-7)6(8)10/h2H,3,7H2,1H3. The number of nitrogens with two attached hydrogens (primary N) is 1. The van der Waals surface area contributed by atoms with Crippen LogP contribution in [0.1, 0.15) is 0 Å². The van der Waals surface area contributed by atoms with Gasteiger partial charge in [-0.3, -0.25) is 19.6 Å². The van der Waals surface area contributed by atoms with Crippen molar-refractivity contribution in [2.24, 2.45) is 5.14 Å². The number of amides is 2. The monoisotopic (exact) mass is 172 g/mol. The van der Waals surface area contributed by atoms with Gasteiger partial charge in [0.15, 0.2) is 0 Å². The van der Waals surface area contributed by atoms with Gasteiger partial charge in [0.1, 0.15) is 0 Å². The molecule has 0 unspecified atom stereocenters.